The molecule has 0 radical (unpaired) electrons. The first-order valence-corrected chi connectivity index (χ1v) is 8.97. The number of fused-ring (bicyclic) bond motifs is 5. The Balaban J connectivity index is 1.76. The molecule has 4 aliphatic rings. The SMILES string of the molecule is C[C@]12CC[C@H]3[C@@H]([C@@H](O)C=C4C[C@@H](O)C=C[C@@]43C)[C@@H]1C[C@@H](O)[C@H]2N. The second-order valence-corrected chi connectivity index (χ2v) is 8.76. The van der Waals surface area contributed by atoms with Crippen molar-refractivity contribution >= 4 is 0 Å². The molecule has 0 amide bonds. The number of aliphatic hydroxyl groups is 3. The van der Waals surface area contributed by atoms with Crippen LogP contribution in [-0.2, 0) is 0 Å². The van der Waals surface area contributed by atoms with Gasteiger partial charge in [0.25, 0.3) is 0 Å². The molecule has 0 spiro atoms. The standard InChI is InChI=1S/C19H29NO3/c1-18-5-3-11(21)7-10(18)8-14(22)16-12(18)4-6-19(2)13(16)9-15(23)17(19)20/h3,5,8,11-17,21-23H,4,6-7,9,20H2,1-2H3/t11-,12-,13-,14-,15+,16+,17+,18-,19-/m0/s1. The Morgan fingerprint density at radius 2 is 1.91 bits per heavy atom. The molecule has 2 fully saturated rings. The third-order valence-electron chi connectivity index (χ3n) is 7.76. The summed E-state index contributed by atoms with van der Waals surface area (Å²) in [6, 6.07) is -0.192. The number of hydrogen-bond acceptors (Lipinski definition) is 4. The molecular formula is C19H29NO3. The van der Waals surface area contributed by atoms with Gasteiger partial charge in [-0.1, -0.05) is 37.6 Å². The Morgan fingerprint density at radius 1 is 1.17 bits per heavy atom. The molecule has 0 aromatic carbocycles. The molecule has 0 aromatic heterocycles. The van der Waals surface area contributed by atoms with E-state index in [2.05, 4.69) is 19.9 Å². The van der Waals surface area contributed by atoms with Gasteiger partial charge in [-0.15, -0.1) is 0 Å². The molecule has 4 heteroatoms. The third kappa shape index (κ3) is 1.98. The van der Waals surface area contributed by atoms with Crippen LogP contribution in [0.25, 0.3) is 0 Å². The zero-order valence-corrected chi connectivity index (χ0v) is 14.0. The Kier molecular flexibility index (Phi) is 3.38. The molecule has 9 atom stereocenters. The average Bonchev–Trinajstić information content (AvgIpc) is 2.73. The van der Waals surface area contributed by atoms with Crippen molar-refractivity contribution in [1.82, 2.24) is 0 Å². The van der Waals surface area contributed by atoms with Crippen LogP contribution in [0.3, 0.4) is 0 Å². The molecule has 2 saturated carbocycles. The maximum Gasteiger partial charge on any atom is 0.0758 e. The molecule has 128 valence electrons. The fourth-order valence-corrected chi connectivity index (χ4v) is 6.28. The van der Waals surface area contributed by atoms with Gasteiger partial charge in [0.2, 0.25) is 0 Å². The predicted octanol–water partition coefficient (Wildman–Crippen LogP) is 1.35. The van der Waals surface area contributed by atoms with Crippen LogP contribution in [-0.4, -0.2) is 39.7 Å². The minimum atomic E-state index is -0.496. The van der Waals surface area contributed by atoms with Crippen LogP contribution in [0.4, 0.5) is 0 Å². The molecule has 4 rings (SSSR count). The maximum atomic E-state index is 10.9. The van der Waals surface area contributed by atoms with Crippen LogP contribution >= 0.6 is 0 Å². The summed E-state index contributed by atoms with van der Waals surface area (Å²) in [5.74, 6) is 0.763. The van der Waals surface area contributed by atoms with Gasteiger partial charge < -0.3 is 21.1 Å². The number of aliphatic hydroxyl groups excluding tert-OH is 3. The summed E-state index contributed by atoms with van der Waals surface area (Å²) in [7, 11) is 0. The van der Waals surface area contributed by atoms with Crippen molar-refractivity contribution in [3.05, 3.63) is 23.8 Å². The molecule has 0 saturated heterocycles. The molecule has 0 heterocycles. The average molecular weight is 319 g/mol. The zero-order chi connectivity index (χ0) is 16.6. The lowest BCUT2D eigenvalue weighted by atomic mass is 9.48. The fourth-order valence-electron chi connectivity index (χ4n) is 6.28. The summed E-state index contributed by atoms with van der Waals surface area (Å²) in [5.41, 5.74) is 7.33. The molecular weight excluding hydrogens is 290 g/mol. The molecule has 4 nitrogen and oxygen atoms in total. The van der Waals surface area contributed by atoms with E-state index in [1.54, 1.807) is 0 Å². The first-order chi connectivity index (χ1) is 10.8. The number of nitrogens with two attached hydrogens (primary N) is 1. The molecule has 0 aromatic rings. The van der Waals surface area contributed by atoms with E-state index in [4.69, 9.17) is 5.73 Å². The topological polar surface area (TPSA) is 86.7 Å². The summed E-state index contributed by atoms with van der Waals surface area (Å²) in [6.45, 7) is 4.45. The van der Waals surface area contributed by atoms with Crippen molar-refractivity contribution in [2.45, 2.75) is 63.9 Å². The quantitative estimate of drug-likeness (QED) is 0.508. The Bertz CT molecular complexity index is 573. The van der Waals surface area contributed by atoms with Crippen molar-refractivity contribution in [2.24, 2.45) is 34.3 Å². The fraction of sp³-hybridized carbons (Fsp3) is 0.789. The van der Waals surface area contributed by atoms with E-state index < -0.39 is 18.3 Å². The summed E-state index contributed by atoms with van der Waals surface area (Å²) in [6.07, 6.45) is 8.00. The normalized spacial score (nSPS) is 58.2. The first kappa shape index (κ1) is 15.8. The molecule has 23 heavy (non-hydrogen) atoms. The summed E-state index contributed by atoms with van der Waals surface area (Å²) in [4.78, 5) is 0. The van der Waals surface area contributed by atoms with Crippen LogP contribution in [0, 0.1) is 28.6 Å². The molecule has 0 unspecified atom stereocenters. The van der Waals surface area contributed by atoms with Crippen LogP contribution in [0.5, 0.6) is 0 Å². The van der Waals surface area contributed by atoms with E-state index in [-0.39, 0.29) is 28.7 Å². The van der Waals surface area contributed by atoms with Crippen molar-refractivity contribution in [3.63, 3.8) is 0 Å². The van der Waals surface area contributed by atoms with E-state index >= 15 is 0 Å². The smallest absolute Gasteiger partial charge is 0.0758 e. The van der Waals surface area contributed by atoms with Crippen molar-refractivity contribution in [2.75, 3.05) is 0 Å². The van der Waals surface area contributed by atoms with E-state index in [9.17, 15) is 15.3 Å². The van der Waals surface area contributed by atoms with Crippen molar-refractivity contribution in [1.29, 1.82) is 0 Å². The third-order valence-corrected chi connectivity index (χ3v) is 7.76. The molecule has 4 aliphatic carbocycles. The minimum absolute atomic E-state index is 0.0813. The highest BCUT2D eigenvalue weighted by atomic mass is 16.3. The Morgan fingerprint density at radius 3 is 2.65 bits per heavy atom. The molecule has 5 N–H and O–H groups in total. The van der Waals surface area contributed by atoms with Crippen LogP contribution in [0.1, 0.15) is 39.5 Å². The predicted molar refractivity (Wildman–Crippen MR) is 88.4 cm³/mol. The second kappa shape index (κ2) is 4.92. The van der Waals surface area contributed by atoms with Crippen molar-refractivity contribution < 1.29 is 15.3 Å². The summed E-state index contributed by atoms with van der Waals surface area (Å²) < 4.78 is 0. The van der Waals surface area contributed by atoms with Gasteiger partial charge >= 0.3 is 0 Å². The van der Waals surface area contributed by atoms with Gasteiger partial charge in [0.1, 0.15) is 0 Å². The van der Waals surface area contributed by atoms with Gasteiger partial charge in [0, 0.05) is 11.5 Å². The van der Waals surface area contributed by atoms with Gasteiger partial charge in [-0.05, 0) is 48.9 Å². The van der Waals surface area contributed by atoms with E-state index in [0.29, 0.717) is 18.8 Å². The number of rotatable bonds is 0. The highest BCUT2D eigenvalue weighted by Gasteiger charge is 2.61. The van der Waals surface area contributed by atoms with Gasteiger partial charge in [0.15, 0.2) is 0 Å². The number of allylic oxidation sites excluding steroid dienone is 1. The van der Waals surface area contributed by atoms with E-state index in [1.165, 1.54) is 5.57 Å². The van der Waals surface area contributed by atoms with Gasteiger partial charge in [-0.3, -0.25) is 0 Å². The second-order valence-electron chi connectivity index (χ2n) is 8.76. The molecule has 0 bridgehead atoms. The Hall–Kier alpha value is -0.680. The summed E-state index contributed by atoms with van der Waals surface area (Å²) >= 11 is 0. The monoisotopic (exact) mass is 319 g/mol. The van der Waals surface area contributed by atoms with Gasteiger partial charge in [0.05, 0.1) is 18.3 Å². The maximum absolute atomic E-state index is 10.9. The number of hydrogen-bond donors (Lipinski definition) is 4. The highest BCUT2D eigenvalue weighted by Crippen LogP contribution is 2.63. The van der Waals surface area contributed by atoms with Crippen LogP contribution in [0.15, 0.2) is 23.8 Å². The lowest BCUT2D eigenvalue weighted by Gasteiger charge is -2.57. The van der Waals surface area contributed by atoms with Gasteiger partial charge in [-0.2, -0.15) is 0 Å². The minimum Gasteiger partial charge on any atom is -0.391 e. The lowest BCUT2D eigenvalue weighted by molar-refractivity contribution is -0.0653. The summed E-state index contributed by atoms with van der Waals surface area (Å²) in [5, 5.41) is 31.2. The van der Waals surface area contributed by atoms with Crippen LogP contribution in [0.2, 0.25) is 0 Å². The van der Waals surface area contributed by atoms with Crippen LogP contribution < -0.4 is 5.73 Å². The molecule has 0 aliphatic heterocycles. The lowest BCUT2D eigenvalue weighted by Crippen LogP contribution is -2.55. The highest BCUT2D eigenvalue weighted by molar-refractivity contribution is 5.34. The van der Waals surface area contributed by atoms with Crippen molar-refractivity contribution in [3.8, 4) is 0 Å². The first-order valence-electron chi connectivity index (χ1n) is 8.97. The van der Waals surface area contributed by atoms with E-state index in [0.717, 1.165) is 12.8 Å². The zero-order valence-electron chi connectivity index (χ0n) is 14.0. The Labute approximate surface area is 138 Å². The largest absolute Gasteiger partial charge is 0.391 e. The van der Waals surface area contributed by atoms with E-state index in [1.807, 2.05) is 12.2 Å². The van der Waals surface area contributed by atoms with Gasteiger partial charge in [-0.25, -0.2) is 0 Å².